The van der Waals surface area contributed by atoms with E-state index in [-0.39, 0.29) is 5.78 Å². The second kappa shape index (κ2) is 6.14. The van der Waals surface area contributed by atoms with Crippen molar-refractivity contribution >= 4 is 11.5 Å². The van der Waals surface area contributed by atoms with Crippen molar-refractivity contribution in [3.63, 3.8) is 0 Å². The lowest BCUT2D eigenvalue weighted by molar-refractivity contribution is -0.116. The molecule has 1 aromatic carbocycles. The Morgan fingerprint density at radius 1 is 1.32 bits per heavy atom. The van der Waals surface area contributed by atoms with Crippen molar-refractivity contribution in [2.24, 2.45) is 4.99 Å². The first kappa shape index (κ1) is 13.3. The van der Waals surface area contributed by atoms with Gasteiger partial charge in [-0.05, 0) is 31.5 Å². The Balaban J connectivity index is 2.07. The zero-order valence-electron chi connectivity index (χ0n) is 11.2. The van der Waals surface area contributed by atoms with Gasteiger partial charge in [0.15, 0.2) is 0 Å². The molecule has 0 radical (unpaired) electrons. The lowest BCUT2D eigenvalue weighted by Crippen LogP contribution is -1.98. The average Bonchev–Trinajstić information content (AvgIpc) is 2.55. The molecular formula is C16H17NO2. The van der Waals surface area contributed by atoms with Gasteiger partial charge in [0.05, 0.1) is 0 Å². The van der Waals surface area contributed by atoms with Crippen LogP contribution in [0.15, 0.2) is 53.4 Å². The molecule has 0 saturated carbocycles. The number of ether oxygens (including phenoxy) is 1. The molecule has 3 nitrogen and oxygen atoms in total. The molecule has 0 fully saturated rings. The minimum absolute atomic E-state index is 0.158. The number of hydrogen-bond donors (Lipinski definition) is 0. The molecule has 0 saturated heterocycles. The molecule has 0 aromatic heterocycles. The molecule has 1 aliphatic heterocycles. The molecule has 98 valence electrons. The maximum absolute atomic E-state index is 11.0. The van der Waals surface area contributed by atoms with Crippen LogP contribution in [0.3, 0.4) is 0 Å². The van der Waals surface area contributed by atoms with E-state index in [0.29, 0.717) is 12.3 Å². The van der Waals surface area contributed by atoms with Crippen LogP contribution in [0.2, 0.25) is 0 Å². The molecule has 1 heterocycles. The Morgan fingerprint density at radius 2 is 2.05 bits per heavy atom. The highest BCUT2D eigenvalue weighted by Crippen LogP contribution is 2.17. The van der Waals surface area contributed by atoms with Crippen LogP contribution in [0.1, 0.15) is 25.8 Å². The van der Waals surface area contributed by atoms with Crippen molar-refractivity contribution < 1.29 is 9.53 Å². The van der Waals surface area contributed by atoms with Crippen LogP contribution in [0.25, 0.3) is 0 Å². The summed E-state index contributed by atoms with van der Waals surface area (Å²) in [5, 5.41) is 0. The van der Waals surface area contributed by atoms with Gasteiger partial charge in [0.2, 0.25) is 5.88 Å². The van der Waals surface area contributed by atoms with Gasteiger partial charge in [0.25, 0.3) is 0 Å². The molecule has 0 atom stereocenters. The predicted molar refractivity (Wildman–Crippen MR) is 76.4 cm³/mol. The summed E-state index contributed by atoms with van der Waals surface area (Å²) in [6.07, 6.45) is 7.15. The van der Waals surface area contributed by atoms with Crippen LogP contribution in [0.5, 0.6) is 5.75 Å². The highest BCUT2D eigenvalue weighted by molar-refractivity contribution is 5.84. The molecule has 0 N–H and O–H groups in total. The minimum atomic E-state index is 0.158. The van der Waals surface area contributed by atoms with E-state index < -0.39 is 0 Å². The molecule has 3 heteroatoms. The topological polar surface area (TPSA) is 38.7 Å². The summed E-state index contributed by atoms with van der Waals surface area (Å²) in [6, 6.07) is 7.53. The number of hydrogen-bond acceptors (Lipinski definition) is 3. The van der Waals surface area contributed by atoms with E-state index in [9.17, 15) is 4.79 Å². The first-order chi connectivity index (χ1) is 9.13. The van der Waals surface area contributed by atoms with Crippen molar-refractivity contribution in [1.82, 2.24) is 0 Å². The molecule has 0 unspecified atom stereocenters. The first-order valence-corrected chi connectivity index (χ1v) is 6.31. The molecule has 2 rings (SSSR count). The largest absolute Gasteiger partial charge is 0.439 e. The van der Waals surface area contributed by atoms with E-state index in [4.69, 9.17) is 4.74 Å². The fourth-order valence-corrected chi connectivity index (χ4v) is 1.80. The first-order valence-electron chi connectivity index (χ1n) is 6.31. The Kier molecular flexibility index (Phi) is 4.29. The van der Waals surface area contributed by atoms with Crippen LogP contribution in [-0.4, -0.2) is 11.5 Å². The molecule has 1 aromatic rings. The van der Waals surface area contributed by atoms with Gasteiger partial charge in [-0.3, -0.25) is 4.79 Å². The second-order valence-corrected chi connectivity index (χ2v) is 4.61. The SMILES string of the molecule is CC(=O)Cc1ccc(OC2=CC=CCC(C)=N2)cc1. The summed E-state index contributed by atoms with van der Waals surface area (Å²) in [7, 11) is 0. The van der Waals surface area contributed by atoms with Crippen molar-refractivity contribution in [1.29, 1.82) is 0 Å². The molecular weight excluding hydrogens is 238 g/mol. The number of Topliss-reactive ketones (excluding diaryl/α,β-unsaturated/α-hetero) is 1. The molecule has 19 heavy (non-hydrogen) atoms. The zero-order valence-corrected chi connectivity index (χ0v) is 11.2. The highest BCUT2D eigenvalue weighted by atomic mass is 16.5. The van der Waals surface area contributed by atoms with Gasteiger partial charge in [-0.15, -0.1) is 0 Å². The second-order valence-electron chi connectivity index (χ2n) is 4.61. The van der Waals surface area contributed by atoms with Crippen LogP contribution in [-0.2, 0) is 11.2 Å². The number of aliphatic imine (C=N–C) groups is 1. The van der Waals surface area contributed by atoms with Crippen molar-refractivity contribution in [3.8, 4) is 5.75 Å². The van der Waals surface area contributed by atoms with Crippen LogP contribution in [0.4, 0.5) is 0 Å². The van der Waals surface area contributed by atoms with Gasteiger partial charge in [-0.25, -0.2) is 4.99 Å². The predicted octanol–water partition coefficient (Wildman–Crippen LogP) is 3.46. The molecule has 0 spiro atoms. The summed E-state index contributed by atoms with van der Waals surface area (Å²) in [6.45, 7) is 3.56. The van der Waals surface area contributed by atoms with Crippen LogP contribution in [0, 0.1) is 0 Å². The number of carbonyl (C=O) groups excluding carboxylic acids is 1. The number of rotatable bonds is 4. The maximum Gasteiger partial charge on any atom is 0.219 e. The van der Waals surface area contributed by atoms with E-state index >= 15 is 0 Å². The normalized spacial score (nSPS) is 14.4. The lowest BCUT2D eigenvalue weighted by atomic mass is 10.1. The average molecular weight is 255 g/mol. The fraction of sp³-hybridized carbons (Fsp3) is 0.250. The van der Waals surface area contributed by atoms with Crippen molar-refractivity contribution in [3.05, 3.63) is 53.9 Å². The third-order valence-electron chi connectivity index (χ3n) is 2.69. The van der Waals surface area contributed by atoms with E-state index in [1.54, 1.807) is 6.92 Å². The summed E-state index contributed by atoms with van der Waals surface area (Å²) >= 11 is 0. The molecule has 0 amide bonds. The summed E-state index contributed by atoms with van der Waals surface area (Å²) in [5.74, 6) is 1.47. The number of ketones is 1. The number of carbonyl (C=O) groups is 1. The maximum atomic E-state index is 11.0. The number of benzene rings is 1. The fourth-order valence-electron chi connectivity index (χ4n) is 1.80. The van der Waals surface area contributed by atoms with Crippen LogP contribution >= 0.6 is 0 Å². The van der Waals surface area contributed by atoms with E-state index in [0.717, 1.165) is 23.4 Å². The third kappa shape index (κ3) is 4.21. The van der Waals surface area contributed by atoms with Crippen LogP contribution < -0.4 is 4.74 Å². The zero-order chi connectivity index (χ0) is 13.7. The number of allylic oxidation sites excluding steroid dienone is 3. The molecule has 0 aliphatic carbocycles. The Bertz CT molecular complexity index is 551. The van der Waals surface area contributed by atoms with Crippen molar-refractivity contribution in [2.45, 2.75) is 26.7 Å². The Labute approximate surface area is 113 Å². The quantitative estimate of drug-likeness (QED) is 0.826. The minimum Gasteiger partial charge on any atom is -0.439 e. The van der Waals surface area contributed by atoms with Crippen molar-refractivity contribution in [2.75, 3.05) is 0 Å². The summed E-state index contributed by atoms with van der Waals surface area (Å²) in [5.41, 5.74) is 2.02. The smallest absolute Gasteiger partial charge is 0.219 e. The van der Waals surface area contributed by atoms with Gasteiger partial charge in [0.1, 0.15) is 11.5 Å². The van der Waals surface area contributed by atoms with Gasteiger partial charge >= 0.3 is 0 Å². The van der Waals surface area contributed by atoms with Gasteiger partial charge in [0, 0.05) is 24.6 Å². The highest BCUT2D eigenvalue weighted by Gasteiger charge is 2.03. The lowest BCUT2D eigenvalue weighted by Gasteiger charge is -2.06. The molecule has 0 bridgehead atoms. The summed E-state index contributed by atoms with van der Waals surface area (Å²) in [4.78, 5) is 15.4. The standard InChI is InChI=1S/C16H17NO2/c1-12-5-3-4-6-16(17-12)19-15-9-7-14(8-10-15)11-13(2)18/h3-4,6-10H,5,11H2,1-2H3. The van der Waals surface area contributed by atoms with E-state index in [1.807, 2.05) is 49.4 Å². The monoisotopic (exact) mass is 255 g/mol. The Morgan fingerprint density at radius 3 is 2.74 bits per heavy atom. The molecule has 1 aliphatic rings. The van der Waals surface area contributed by atoms with Gasteiger partial charge in [-0.2, -0.15) is 0 Å². The van der Waals surface area contributed by atoms with E-state index in [2.05, 4.69) is 4.99 Å². The summed E-state index contributed by atoms with van der Waals surface area (Å²) < 4.78 is 5.70. The van der Waals surface area contributed by atoms with E-state index in [1.165, 1.54) is 0 Å². The van der Waals surface area contributed by atoms with Gasteiger partial charge < -0.3 is 4.74 Å². The van der Waals surface area contributed by atoms with Gasteiger partial charge in [-0.1, -0.05) is 24.3 Å². The number of nitrogens with zero attached hydrogens (tertiary/aromatic N) is 1. The third-order valence-corrected chi connectivity index (χ3v) is 2.69. The Hall–Kier alpha value is -2.16.